The number of aliphatic hydroxyl groups is 4. The fraction of sp³-hybridized carbons (Fsp3) is 1.00. The van der Waals surface area contributed by atoms with Crippen LogP contribution < -0.4 is 0 Å². The number of hydrogen-bond donors (Lipinski definition) is 4. The number of aliphatic hydroxyl groups excluding tert-OH is 4. The summed E-state index contributed by atoms with van der Waals surface area (Å²) in [6.07, 6.45) is -17.2. The van der Waals surface area contributed by atoms with Crippen LogP contribution in [0.1, 0.15) is 0 Å². The van der Waals surface area contributed by atoms with Gasteiger partial charge in [0.05, 0.1) is 6.61 Å². The fourth-order valence-electron chi connectivity index (χ4n) is 2.14. The molecular formula is C12H11F13O5S. The normalized spacial score (nSPS) is 29.9. The van der Waals surface area contributed by atoms with Crippen LogP contribution in [-0.4, -0.2) is 92.0 Å². The minimum atomic E-state index is -8.08. The highest BCUT2D eigenvalue weighted by atomic mass is 32.2. The Kier molecular flexibility index (Phi) is 7.50. The predicted molar refractivity (Wildman–Crippen MR) is 72.1 cm³/mol. The first-order chi connectivity index (χ1) is 13.5. The molecule has 0 aromatic rings. The molecule has 1 saturated heterocycles. The van der Waals surface area contributed by atoms with E-state index in [1.54, 1.807) is 0 Å². The second-order valence-electron chi connectivity index (χ2n) is 6.13. The lowest BCUT2D eigenvalue weighted by Crippen LogP contribution is -2.70. The first-order valence-electron chi connectivity index (χ1n) is 7.45. The van der Waals surface area contributed by atoms with Gasteiger partial charge in [0.15, 0.2) is 0 Å². The van der Waals surface area contributed by atoms with Gasteiger partial charge in [0.25, 0.3) is 0 Å². The number of halogens is 13. The van der Waals surface area contributed by atoms with E-state index in [4.69, 9.17) is 5.11 Å². The van der Waals surface area contributed by atoms with Crippen LogP contribution >= 0.6 is 11.8 Å². The van der Waals surface area contributed by atoms with Gasteiger partial charge in [0.1, 0.15) is 29.9 Å². The van der Waals surface area contributed by atoms with E-state index in [1.807, 2.05) is 0 Å². The molecule has 0 aliphatic carbocycles. The molecule has 1 fully saturated rings. The Labute approximate surface area is 166 Å². The van der Waals surface area contributed by atoms with Crippen LogP contribution in [0.15, 0.2) is 0 Å². The average molecular weight is 514 g/mol. The van der Waals surface area contributed by atoms with Gasteiger partial charge < -0.3 is 25.2 Å². The summed E-state index contributed by atoms with van der Waals surface area (Å²) in [7, 11) is 0. The predicted octanol–water partition coefficient (Wildman–Crippen LogP) is 2.22. The zero-order chi connectivity index (χ0) is 25.0. The van der Waals surface area contributed by atoms with Crippen molar-refractivity contribution in [3.8, 4) is 0 Å². The van der Waals surface area contributed by atoms with Gasteiger partial charge in [-0.1, -0.05) is 0 Å². The lowest BCUT2D eigenvalue weighted by atomic mass is 9.98. The van der Waals surface area contributed by atoms with Crippen molar-refractivity contribution in [2.24, 2.45) is 0 Å². The Balaban J connectivity index is 3.34. The van der Waals surface area contributed by atoms with Gasteiger partial charge >= 0.3 is 35.1 Å². The molecule has 0 aromatic carbocycles. The summed E-state index contributed by atoms with van der Waals surface area (Å²) in [4.78, 5) is 0. The number of thioether (sulfide) groups is 1. The minimum Gasteiger partial charge on any atom is -0.394 e. The molecule has 0 unspecified atom stereocenters. The first-order valence-corrected chi connectivity index (χ1v) is 8.33. The Morgan fingerprint density at radius 2 is 1.03 bits per heavy atom. The van der Waals surface area contributed by atoms with Crippen molar-refractivity contribution in [2.75, 3.05) is 6.61 Å². The van der Waals surface area contributed by atoms with E-state index < -0.39 is 83.3 Å². The molecule has 0 saturated carbocycles. The summed E-state index contributed by atoms with van der Waals surface area (Å²) in [5, 5.41) is 30.3. The molecular weight excluding hydrogens is 503 g/mol. The summed E-state index contributed by atoms with van der Waals surface area (Å²) in [6.45, 7) is -1.34. The Morgan fingerprint density at radius 1 is 0.613 bits per heavy atom. The standard InChI is InChI=1S/C12H11F13O5S/c13-7(14,9(17,18)11(21,22)23)8(15,16)10(19,20)12(24,25)31-6-5(29)4(28)3(27)2(1-26)30-6/h2-6,26-29H,1H2/t2-,3+,4+,5-,6+/m1/s1. The average Bonchev–Trinajstić information content (AvgIpc) is 2.60. The molecule has 1 heterocycles. The maximum atomic E-state index is 13.8. The van der Waals surface area contributed by atoms with E-state index in [2.05, 4.69) is 4.74 Å². The zero-order valence-electron chi connectivity index (χ0n) is 14.1. The lowest BCUT2D eigenvalue weighted by molar-refractivity contribution is -0.433. The van der Waals surface area contributed by atoms with E-state index >= 15 is 0 Å². The fourth-order valence-corrected chi connectivity index (χ4v) is 3.21. The minimum absolute atomic E-state index is 1.34. The molecule has 1 rings (SSSR count). The van der Waals surface area contributed by atoms with Gasteiger partial charge in [-0.05, 0) is 11.8 Å². The van der Waals surface area contributed by atoms with Crippen LogP contribution in [0, 0.1) is 0 Å². The zero-order valence-corrected chi connectivity index (χ0v) is 14.9. The topological polar surface area (TPSA) is 90.2 Å². The maximum absolute atomic E-state index is 13.8. The number of alkyl halides is 13. The van der Waals surface area contributed by atoms with Crippen molar-refractivity contribution in [2.45, 2.75) is 65.0 Å². The quantitative estimate of drug-likeness (QED) is 0.390. The van der Waals surface area contributed by atoms with Crippen molar-refractivity contribution in [3.63, 3.8) is 0 Å². The smallest absolute Gasteiger partial charge is 0.394 e. The van der Waals surface area contributed by atoms with Crippen molar-refractivity contribution in [1.29, 1.82) is 0 Å². The van der Waals surface area contributed by atoms with Crippen LogP contribution in [-0.2, 0) is 4.74 Å². The summed E-state index contributed by atoms with van der Waals surface area (Å²) in [5.74, 6) is -31.6. The Hall–Kier alpha value is -0.760. The van der Waals surface area contributed by atoms with Gasteiger partial charge in [-0.15, -0.1) is 0 Å². The van der Waals surface area contributed by atoms with Crippen LogP contribution in [0.5, 0.6) is 0 Å². The summed E-state index contributed by atoms with van der Waals surface area (Å²) >= 11 is -1.95. The molecule has 1 aliphatic rings. The Morgan fingerprint density at radius 3 is 1.42 bits per heavy atom. The lowest BCUT2D eigenvalue weighted by Gasteiger charge is -2.43. The molecule has 5 nitrogen and oxygen atoms in total. The summed E-state index contributed by atoms with van der Waals surface area (Å²) in [5.41, 5.74) is -2.97. The molecule has 31 heavy (non-hydrogen) atoms. The van der Waals surface area contributed by atoms with E-state index in [-0.39, 0.29) is 0 Å². The molecule has 186 valence electrons. The molecule has 19 heteroatoms. The number of ether oxygens (including phenoxy) is 1. The maximum Gasteiger partial charge on any atom is 0.460 e. The summed E-state index contributed by atoms with van der Waals surface area (Å²) in [6, 6.07) is 0. The number of hydrogen-bond acceptors (Lipinski definition) is 6. The second kappa shape index (κ2) is 8.23. The van der Waals surface area contributed by atoms with Crippen LogP contribution in [0.4, 0.5) is 57.1 Å². The highest BCUT2D eigenvalue weighted by molar-refractivity contribution is 8.00. The molecule has 5 atom stereocenters. The van der Waals surface area contributed by atoms with Crippen molar-refractivity contribution >= 4 is 11.8 Å². The second-order valence-corrected chi connectivity index (χ2v) is 7.34. The third-order valence-corrected chi connectivity index (χ3v) is 5.19. The number of rotatable bonds is 7. The van der Waals surface area contributed by atoms with Crippen LogP contribution in [0.2, 0.25) is 0 Å². The van der Waals surface area contributed by atoms with Crippen molar-refractivity contribution < 1.29 is 82.2 Å². The Bertz CT molecular complexity index is 641. The SMILES string of the molecule is OC[C@H]1O[C@@H](SC(F)(F)C(F)(F)C(F)(F)C(F)(F)C(F)(F)C(F)(F)F)[C@H](O)[C@@H](O)[C@H]1O. The molecule has 4 N–H and O–H groups in total. The van der Waals surface area contributed by atoms with E-state index in [0.29, 0.717) is 0 Å². The van der Waals surface area contributed by atoms with Crippen molar-refractivity contribution in [3.05, 3.63) is 0 Å². The largest absolute Gasteiger partial charge is 0.460 e. The van der Waals surface area contributed by atoms with Gasteiger partial charge in [-0.25, -0.2) is 0 Å². The third kappa shape index (κ3) is 4.28. The highest BCUT2D eigenvalue weighted by Gasteiger charge is 2.91. The summed E-state index contributed by atoms with van der Waals surface area (Å²) < 4.78 is 174. The van der Waals surface area contributed by atoms with Gasteiger partial charge in [-0.3, -0.25) is 0 Å². The van der Waals surface area contributed by atoms with E-state index in [1.165, 1.54) is 0 Å². The monoisotopic (exact) mass is 514 g/mol. The molecule has 0 aromatic heterocycles. The molecule has 1 aliphatic heterocycles. The van der Waals surface area contributed by atoms with Crippen LogP contribution in [0.3, 0.4) is 0 Å². The van der Waals surface area contributed by atoms with E-state index in [0.717, 1.165) is 0 Å². The first kappa shape index (κ1) is 28.3. The van der Waals surface area contributed by atoms with Crippen LogP contribution in [0.25, 0.3) is 0 Å². The van der Waals surface area contributed by atoms with E-state index in [9.17, 15) is 72.4 Å². The highest BCUT2D eigenvalue weighted by Crippen LogP contribution is 2.62. The molecule has 0 spiro atoms. The molecule has 0 bridgehead atoms. The van der Waals surface area contributed by atoms with Gasteiger partial charge in [0, 0.05) is 0 Å². The van der Waals surface area contributed by atoms with Gasteiger partial charge in [0.2, 0.25) is 0 Å². The molecule has 0 amide bonds. The third-order valence-electron chi connectivity index (χ3n) is 4.02. The van der Waals surface area contributed by atoms with Gasteiger partial charge in [-0.2, -0.15) is 57.1 Å². The molecule has 0 radical (unpaired) electrons. The van der Waals surface area contributed by atoms with Crippen molar-refractivity contribution in [1.82, 2.24) is 0 Å².